The van der Waals surface area contributed by atoms with E-state index < -0.39 is 18.3 Å². The molecule has 0 saturated carbocycles. The Balaban J connectivity index is 2.12. The molecule has 33 heavy (non-hydrogen) atoms. The zero-order valence-electron chi connectivity index (χ0n) is 19.9. The van der Waals surface area contributed by atoms with Gasteiger partial charge in [-0.15, -0.1) is 0 Å². The quantitative estimate of drug-likeness (QED) is 0.499. The average Bonchev–Trinajstić information content (AvgIpc) is 2.76. The van der Waals surface area contributed by atoms with E-state index in [-0.39, 0.29) is 11.2 Å². The van der Waals surface area contributed by atoms with Gasteiger partial charge >= 0.3 is 7.12 Å². The van der Waals surface area contributed by atoms with Crippen LogP contribution in [0.2, 0.25) is 0 Å². The number of hydrogen-bond donors (Lipinski definition) is 2. The summed E-state index contributed by atoms with van der Waals surface area (Å²) in [5.74, 6) is 1.48. The number of methoxy groups -OCH3 is 3. The van der Waals surface area contributed by atoms with E-state index in [1.165, 1.54) is 27.4 Å². The van der Waals surface area contributed by atoms with Crippen molar-refractivity contribution in [3.05, 3.63) is 46.6 Å². The highest BCUT2D eigenvalue weighted by Gasteiger charge is 2.40. The van der Waals surface area contributed by atoms with Gasteiger partial charge in [0.25, 0.3) is 0 Å². The summed E-state index contributed by atoms with van der Waals surface area (Å²) in [5.41, 5.74) is -1.44. The van der Waals surface area contributed by atoms with Crippen LogP contribution in [-0.4, -0.2) is 49.8 Å². The largest absolute Gasteiger partial charge is 0.497 e. The molecule has 9 heteroatoms. The Morgan fingerprint density at radius 1 is 0.909 bits per heavy atom. The summed E-state index contributed by atoms with van der Waals surface area (Å²) in [7, 11) is 3.04. The van der Waals surface area contributed by atoms with Gasteiger partial charge < -0.3 is 33.4 Å². The van der Waals surface area contributed by atoms with Gasteiger partial charge in [0, 0.05) is 29.2 Å². The Morgan fingerprint density at radius 3 is 2.15 bits per heavy atom. The number of hydrogen-bond acceptors (Lipinski definition) is 8. The van der Waals surface area contributed by atoms with Crippen LogP contribution in [-0.2, 0) is 4.65 Å². The fourth-order valence-electron chi connectivity index (χ4n) is 3.22. The maximum absolute atomic E-state index is 12.9. The highest BCUT2D eigenvalue weighted by molar-refractivity contribution is 6.61. The van der Waals surface area contributed by atoms with Gasteiger partial charge in [0.15, 0.2) is 5.43 Å². The fourth-order valence-corrected chi connectivity index (χ4v) is 3.22. The minimum Gasteiger partial charge on any atom is -0.497 e. The lowest BCUT2D eigenvalue weighted by Gasteiger charge is -2.38. The smallest absolute Gasteiger partial charge is 0.495 e. The average molecular weight is 456 g/mol. The molecule has 3 rings (SSSR count). The number of benzene rings is 2. The van der Waals surface area contributed by atoms with E-state index in [0.29, 0.717) is 39.2 Å². The van der Waals surface area contributed by atoms with Gasteiger partial charge in [0.05, 0.1) is 32.5 Å². The Hall–Kier alpha value is -3.01. The van der Waals surface area contributed by atoms with E-state index in [2.05, 4.69) is 0 Å². The second kappa shape index (κ2) is 9.09. The zero-order valence-corrected chi connectivity index (χ0v) is 19.9. The molecule has 0 unspecified atom stereocenters. The summed E-state index contributed by atoms with van der Waals surface area (Å²) in [6, 6.07) is 9.55. The molecule has 1 aromatic heterocycles. The molecular weight excluding hydrogens is 427 g/mol. The van der Waals surface area contributed by atoms with Crippen molar-refractivity contribution < 1.29 is 33.4 Å². The van der Waals surface area contributed by atoms with Gasteiger partial charge in [-0.2, -0.15) is 0 Å². The summed E-state index contributed by atoms with van der Waals surface area (Å²) in [6.07, 6.45) is 0. The summed E-state index contributed by atoms with van der Waals surface area (Å²) < 4.78 is 27.8. The van der Waals surface area contributed by atoms with Crippen LogP contribution in [0, 0.1) is 0 Å². The summed E-state index contributed by atoms with van der Waals surface area (Å²) in [6.45, 7) is 6.55. The maximum Gasteiger partial charge on any atom is 0.495 e. The van der Waals surface area contributed by atoms with E-state index in [1.54, 1.807) is 58.0 Å². The van der Waals surface area contributed by atoms with Crippen LogP contribution >= 0.6 is 0 Å². The Morgan fingerprint density at radius 2 is 1.58 bits per heavy atom. The predicted molar refractivity (Wildman–Crippen MR) is 127 cm³/mol. The first kappa shape index (κ1) is 24.6. The van der Waals surface area contributed by atoms with Gasteiger partial charge in [-0.3, -0.25) is 4.79 Å². The van der Waals surface area contributed by atoms with Crippen LogP contribution in [0.15, 0.2) is 45.6 Å². The Kier molecular flexibility index (Phi) is 6.79. The summed E-state index contributed by atoms with van der Waals surface area (Å²) in [5, 5.41) is 21.5. The fraction of sp³-hybridized carbons (Fsp3) is 0.375. The van der Waals surface area contributed by atoms with E-state index in [0.717, 1.165) is 0 Å². The standard InChI is InChI=1S/C24H29BO8/c1-23(2,27)24(3,4)33-25(28)16-10-14(8-9-18(16)30-6)19-13-17(26)22-20(31-7)11-15(29-5)12-21(22)32-19/h8-13,27-28H,1-7H3. The summed E-state index contributed by atoms with van der Waals surface area (Å²) >= 11 is 0. The predicted octanol–water partition coefficient (Wildman–Crippen LogP) is 2.74. The molecule has 2 N–H and O–H groups in total. The first-order chi connectivity index (χ1) is 15.4. The molecule has 0 aliphatic heterocycles. The normalized spacial score (nSPS) is 12.0. The van der Waals surface area contributed by atoms with Gasteiger partial charge in [0.2, 0.25) is 0 Å². The molecule has 0 fully saturated rings. The Labute approximate surface area is 192 Å². The van der Waals surface area contributed by atoms with E-state index in [4.69, 9.17) is 23.3 Å². The van der Waals surface area contributed by atoms with Crippen molar-refractivity contribution in [3.63, 3.8) is 0 Å². The topological polar surface area (TPSA) is 108 Å². The van der Waals surface area contributed by atoms with Crippen LogP contribution in [0.5, 0.6) is 17.2 Å². The van der Waals surface area contributed by atoms with Crippen LogP contribution < -0.4 is 25.1 Å². The van der Waals surface area contributed by atoms with Crippen molar-refractivity contribution in [2.45, 2.75) is 38.9 Å². The third kappa shape index (κ3) is 4.85. The third-order valence-electron chi connectivity index (χ3n) is 5.88. The highest BCUT2D eigenvalue weighted by Crippen LogP contribution is 2.32. The van der Waals surface area contributed by atoms with E-state index in [9.17, 15) is 14.9 Å². The van der Waals surface area contributed by atoms with Crippen molar-refractivity contribution >= 4 is 23.6 Å². The van der Waals surface area contributed by atoms with Crippen molar-refractivity contribution in [1.29, 1.82) is 0 Å². The molecular formula is C24H29BO8. The monoisotopic (exact) mass is 456 g/mol. The first-order valence-electron chi connectivity index (χ1n) is 10.4. The van der Waals surface area contributed by atoms with Gasteiger partial charge in [-0.1, -0.05) is 0 Å². The molecule has 2 aromatic carbocycles. The minimum absolute atomic E-state index is 0.278. The van der Waals surface area contributed by atoms with Crippen LogP contribution in [0.4, 0.5) is 0 Å². The second-order valence-corrected chi connectivity index (χ2v) is 8.67. The number of rotatable bonds is 8. The maximum atomic E-state index is 12.9. The molecule has 0 aliphatic carbocycles. The highest BCUT2D eigenvalue weighted by atomic mass is 16.6. The zero-order chi connectivity index (χ0) is 24.6. The van der Waals surface area contributed by atoms with Crippen molar-refractivity contribution in [2.75, 3.05) is 21.3 Å². The lowest BCUT2D eigenvalue weighted by Crippen LogP contribution is -2.53. The molecule has 0 aliphatic rings. The molecule has 0 saturated heterocycles. The molecule has 176 valence electrons. The molecule has 0 bridgehead atoms. The summed E-state index contributed by atoms with van der Waals surface area (Å²) in [4.78, 5) is 12.9. The van der Waals surface area contributed by atoms with Crippen molar-refractivity contribution in [2.24, 2.45) is 0 Å². The molecule has 0 radical (unpaired) electrons. The second-order valence-electron chi connectivity index (χ2n) is 8.67. The molecule has 0 spiro atoms. The van der Waals surface area contributed by atoms with Gasteiger partial charge in [-0.25, -0.2) is 0 Å². The van der Waals surface area contributed by atoms with Gasteiger partial charge in [-0.05, 0) is 45.9 Å². The molecule has 1 heterocycles. The first-order valence-corrected chi connectivity index (χ1v) is 10.4. The van der Waals surface area contributed by atoms with Crippen molar-refractivity contribution in [3.8, 4) is 28.6 Å². The van der Waals surface area contributed by atoms with E-state index >= 15 is 0 Å². The Bertz CT molecular complexity index is 1210. The number of ether oxygens (including phenoxy) is 3. The molecule has 3 aromatic rings. The minimum atomic E-state index is -1.41. The molecule has 0 atom stereocenters. The number of aliphatic hydroxyl groups is 1. The van der Waals surface area contributed by atoms with E-state index in [1.807, 2.05) is 0 Å². The SMILES string of the molecule is COc1cc(OC)c2c(=O)cc(-c3ccc(OC)c(B(O)OC(C)(C)C(C)(C)O)c3)oc2c1. The molecule has 8 nitrogen and oxygen atoms in total. The van der Waals surface area contributed by atoms with Gasteiger partial charge in [0.1, 0.15) is 34.0 Å². The van der Waals surface area contributed by atoms with Crippen LogP contribution in [0.3, 0.4) is 0 Å². The molecule has 0 amide bonds. The third-order valence-corrected chi connectivity index (χ3v) is 5.88. The lowest BCUT2D eigenvalue weighted by atomic mass is 9.75. The lowest BCUT2D eigenvalue weighted by molar-refractivity contribution is -0.0983. The van der Waals surface area contributed by atoms with Crippen molar-refractivity contribution in [1.82, 2.24) is 0 Å². The van der Waals surface area contributed by atoms with Crippen LogP contribution in [0.1, 0.15) is 27.7 Å². The van der Waals surface area contributed by atoms with Crippen LogP contribution in [0.25, 0.3) is 22.3 Å². The number of fused-ring (bicyclic) bond motifs is 1.